The van der Waals surface area contributed by atoms with Crippen molar-refractivity contribution in [3.63, 3.8) is 0 Å². The van der Waals surface area contributed by atoms with E-state index >= 15 is 0 Å². The Balaban J connectivity index is 0.000000722. The Bertz CT molecular complexity index is 412. The van der Waals surface area contributed by atoms with Gasteiger partial charge >= 0.3 is 97.2 Å². The summed E-state index contributed by atoms with van der Waals surface area (Å²) in [4.78, 5) is 0. The Labute approximate surface area is 121 Å². The van der Waals surface area contributed by atoms with E-state index in [0.717, 1.165) is 0 Å². The molecule has 0 amide bonds. The van der Waals surface area contributed by atoms with Crippen LogP contribution in [0.2, 0.25) is 8.26 Å². The fourth-order valence-corrected chi connectivity index (χ4v) is 17.1. The van der Waals surface area contributed by atoms with Crippen LogP contribution < -0.4 is 24.8 Å². The van der Waals surface area contributed by atoms with Gasteiger partial charge in [0.25, 0.3) is 0 Å². The van der Waals surface area contributed by atoms with Gasteiger partial charge in [0.1, 0.15) is 0 Å². The van der Waals surface area contributed by atoms with Gasteiger partial charge in [0.2, 0.25) is 0 Å². The summed E-state index contributed by atoms with van der Waals surface area (Å²) in [6.07, 6.45) is 15.7. The molecule has 1 fully saturated rings. The molecule has 0 radical (unpaired) electrons. The number of hydrogen-bond acceptors (Lipinski definition) is 0. The Kier molecular flexibility index (Phi) is 5.50. The molecule has 0 spiro atoms. The summed E-state index contributed by atoms with van der Waals surface area (Å²) in [7, 11) is 0. The van der Waals surface area contributed by atoms with Crippen LogP contribution in [0, 0.1) is 0 Å². The van der Waals surface area contributed by atoms with Gasteiger partial charge in [-0.3, -0.25) is 0 Å². The van der Waals surface area contributed by atoms with Crippen LogP contribution in [0.3, 0.4) is 0 Å². The zero-order valence-electron chi connectivity index (χ0n) is 10.2. The van der Waals surface area contributed by atoms with Gasteiger partial charge in [0, 0.05) is 0 Å². The fourth-order valence-electron chi connectivity index (χ4n) is 3.13. The van der Waals surface area contributed by atoms with E-state index in [-0.39, 0.29) is 24.8 Å². The maximum atomic E-state index is 2.45. The third-order valence-electron chi connectivity index (χ3n) is 4.12. The zero-order chi connectivity index (χ0) is 10.3. The summed E-state index contributed by atoms with van der Waals surface area (Å²) in [5.74, 6) is 0. The average molecular weight is 348 g/mol. The molecular weight excluding hydrogens is 330 g/mol. The Hall–Kier alpha value is 0.423. The largest absolute Gasteiger partial charge is 1.00 e. The van der Waals surface area contributed by atoms with E-state index in [1.165, 1.54) is 19.3 Å². The predicted molar refractivity (Wildman–Crippen MR) is 62.5 cm³/mol. The minimum absolute atomic E-state index is 0. The molecule has 0 bridgehead atoms. The second-order valence-electron chi connectivity index (χ2n) is 4.87. The Morgan fingerprint density at radius 2 is 1.88 bits per heavy atom. The van der Waals surface area contributed by atoms with Gasteiger partial charge in [-0.2, -0.15) is 0 Å². The first-order chi connectivity index (χ1) is 7.37. The van der Waals surface area contributed by atoms with Gasteiger partial charge in [-0.05, 0) is 0 Å². The van der Waals surface area contributed by atoms with Crippen molar-refractivity contribution in [3.05, 3.63) is 42.5 Å². The molecule has 0 aromatic carbocycles. The summed E-state index contributed by atoms with van der Waals surface area (Å²) in [6, 6.07) is 0. The minimum atomic E-state index is -1.85. The molecule has 1 heterocycles. The van der Waals surface area contributed by atoms with Crippen LogP contribution in [0.4, 0.5) is 0 Å². The zero-order valence-corrected chi connectivity index (χ0v) is 14.1. The predicted octanol–water partition coefficient (Wildman–Crippen LogP) is -1.53. The molecule has 0 aromatic rings. The van der Waals surface area contributed by atoms with Crippen molar-refractivity contribution >= 4 is 0 Å². The maximum absolute atomic E-state index is 2.45. The first-order valence-corrected chi connectivity index (χ1v) is 12.1. The molecule has 0 nitrogen and oxygen atoms in total. The van der Waals surface area contributed by atoms with Gasteiger partial charge < -0.3 is 24.8 Å². The first-order valence-electron chi connectivity index (χ1n) is 6.12. The van der Waals surface area contributed by atoms with E-state index in [0.29, 0.717) is 0 Å². The van der Waals surface area contributed by atoms with Crippen LogP contribution in [0.1, 0.15) is 26.2 Å². The summed E-state index contributed by atoms with van der Waals surface area (Å²) < 4.78 is 7.03. The topological polar surface area (TPSA) is 0 Å². The summed E-state index contributed by atoms with van der Waals surface area (Å²) in [5, 5.41) is 0. The third kappa shape index (κ3) is 2.58. The van der Waals surface area contributed by atoms with Crippen molar-refractivity contribution in [1.82, 2.24) is 0 Å². The molecule has 92 valence electrons. The molecule has 0 aromatic heterocycles. The van der Waals surface area contributed by atoms with E-state index in [2.05, 4.69) is 37.3 Å². The van der Waals surface area contributed by atoms with E-state index in [9.17, 15) is 0 Å². The molecule has 3 aliphatic rings. The molecule has 2 aliphatic carbocycles. The molecule has 3 heteroatoms. The molecule has 17 heavy (non-hydrogen) atoms. The molecule has 0 saturated carbocycles. The van der Waals surface area contributed by atoms with Crippen molar-refractivity contribution < 1.29 is 45.1 Å². The van der Waals surface area contributed by atoms with Crippen molar-refractivity contribution in [3.8, 4) is 0 Å². The van der Waals surface area contributed by atoms with E-state index in [1.807, 2.05) is 6.56 Å². The maximum Gasteiger partial charge on any atom is -1.00 e. The minimum Gasteiger partial charge on any atom is -1.00 e. The van der Waals surface area contributed by atoms with Crippen LogP contribution in [0.5, 0.6) is 0 Å². The summed E-state index contributed by atoms with van der Waals surface area (Å²) >= 11 is -1.85. The molecule has 1 aliphatic heterocycles. The number of allylic oxidation sites excluding steroid dienone is 8. The van der Waals surface area contributed by atoms with Crippen LogP contribution in [0.15, 0.2) is 42.5 Å². The average Bonchev–Trinajstić information content (AvgIpc) is 2.76. The standard InChI is InChI=1S/C7H9.C5H5.C2H4.2ClH.Zr/c1-2-7-5-3-4-6-7;1-2-4-5-3-1;1-2;;;/h3,5H,2,4H2,1H3;1-3H,4H2;1-2H2;2*1H;/q;;;;;+2/p-2. The van der Waals surface area contributed by atoms with E-state index in [4.69, 9.17) is 0 Å². The summed E-state index contributed by atoms with van der Waals surface area (Å²) in [5.41, 5.74) is 1.70. The quantitative estimate of drug-likeness (QED) is 0.580. The van der Waals surface area contributed by atoms with E-state index in [1.54, 1.807) is 13.8 Å². The van der Waals surface area contributed by atoms with Gasteiger partial charge in [-0.25, -0.2) is 0 Å². The van der Waals surface area contributed by atoms with Crippen LogP contribution in [0.25, 0.3) is 0 Å². The normalized spacial score (nSPS) is 21.4. The first kappa shape index (κ1) is 15.5. The van der Waals surface area contributed by atoms with Crippen LogP contribution in [-0.4, -0.2) is 0 Å². The number of hydrogen-bond donors (Lipinski definition) is 0. The van der Waals surface area contributed by atoms with Crippen LogP contribution in [-0.2, 0) is 20.3 Å². The van der Waals surface area contributed by atoms with Crippen LogP contribution >= 0.6 is 0 Å². The van der Waals surface area contributed by atoms with Gasteiger partial charge in [-0.1, -0.05) is 0 Å². The Morgan fingerprint density at radius 1 is 1.12 bits per heavy atom. The fraction of sp³-hybridized carbons (Fsp3) is 0.429. The molecule has 0 N–H and O–H groups in total. The summed E-state index contributed by atoms with van der Waals surface area (Å²) in [6.45, 7) is 2.31. The second-order valence-corrected chi connectivity index (χ2v) is 15.7. The van der Waals surface area contributed by atoms with Crippen molar-refractivity contribution in [2.45, 2.75) is 34.4 Å². The second kappa shape index (κ2) is 6.04. The SMILES string of the molecule is CCC1=[C]([Zr+2]2([C]3=CC=CC3)[CH2][CH2]2)CC=C1.[Cl-].[Cl-]. The van der Waals surface area contributed by atoms with Gasteiger partial charge in [-0.15, -0.1) is 0 Å². The smallest absolute Gasteiger partial charge is 1.00 e. The molecule has 0 unspecified atom stereocenters. The number of halogens is 2. The van der Waals surface area contributed by atoms with Gasteiger partial charge in [0.15, 0.2) is 0 Å². The van der Waals surface area contributed by atoms with Crippen molar-refractivity contribution in [1.29, 1.82) is 0 Å². The van der Waals surface area contributed by atoms with E-state index < -0.39 is 20.3 Å². The molecule has 0 atom stereocenters. The number of rotatable bonds is 3. The molecular formula is C14H18Cl2Zr. The Morgan fingerprint density at radius 3 is 2.41 bits per heavy atom. The van der Waals surface area contributed by atoms with Gasteiger partial charge in [0.05, 0.1) is 0 Å². The van der Waals surface area contributed by atoms with Crippen molar-refractivity contribution in [2.24, 2.45) is 0 Å². The monoisotopic (exact) mass is 346 g/mol. The van der Waals surface area contributed by atoms with Crippen molar-refractivity contribution in [2.75, 3.05) is 0 Å². The third-order valence-corrected chi connectivity index (χ3v) is 15.9. The molecule has 3 rings (SSSR count). The molecule has 1 saturated heterocycles.